The van der Waals surface area contributed by atoms with Crippen LogP contribution in [0.25, 0.3) is 0 Å². The van der Waals surface area contributed by atoms with Gasteiger partial charge >= 0.3 is 226 Å². The molecule has 0 spiro atoms. The van der Waals surface area contributed by atoms with Crippen molar-refractivity contribution in [3.8, 4) is 0 Å². The Morgan fingerprint density at radius 3 is 0.912 bits per heavy atom. The Kier molecular flexibility index (Phi) is 27.6. The molecule has 7 heteroatoms. The fraction of sp³-hybridized carbons (Fsp3) is 1.00. The standard InChI is InChI=1S/3C9H19O2.Y/c3*1-3-5-7-9(10)11-8-6-4-2;/h3*9H,3-8H2,1-2H3;/q3*-1;+3. The predicted molar refractivity (Wildman–Crippen MR) is 136 cm³/mol. The van der Waals surface area contributed by atoms with Crippen molar-refractivity contribution in [2.45, 2.75) is 157 Å². The molecule has 0 aliphatic rings. The molecule has 0 aromatic heterocycles. The minimum atomic E-state index is -3.43. The van der Waals surface area contributed by atoms with E-state index in [1.54, 1.807) is 0 Å². The van der Waals surface area contributed by atoms with Crippen LogP contribution < -0.4 is 0 Å². The van der Waals surface area contributed by atoms with E-state index in [1.165, 1.54) is 0 Å². The topological polar surface area (TPSA) is 55.4 Å². The van der Waals surface area contributed by atoms with Gasteiger partial charge < -0.3 is 0 Å². The second-order valence-corrected chi connectivity index (χ2v) is 12.5. The normalized spacial score (nSPS) is 14.3. The number of unbranched alkanes of at least 4 members (excludes halogenated alkanes) is 6. The van der Waals surface area contributed by atoms with Crippen molar-refractivity contribution in [1.82, 2.24) is 0 Å². The van der Waals surface area contributed by atoms with Gasteiger partial charge in [0.15, 0.2) is 0 Å². The van der Waals surface area contributed by atoms with E-state index >= 15 is 0 Å². The second-order valence-electron chi connectivity index (χ2n) is 9.09. The summed E-state index contributed by atoms with van der Waals surface area (Å²) in [6.45, 7) is 15.3. The van der Waals surface area contributed by atoms with Gasteiger partial charge in [-0.2, -0.15) is 0 Å². The molecule has 0 N–H and O–H groups in total. The van der Waals surface area contributed by atoms with E-state index in [0.29, 0.717) is 19.8 Å². The summed E-state index contributed by atoms with van der Waals surface area (Å²) in [5, 5.41) is 0. The first kappa shape index (κ1) is 34.9. The van der Waals surface area contributed by atoms with Crippen LogP contribution in [0, 0.1) is 0 Å². The first-order valence-corrected chi connectivity index (χ1v) is 17.9. The molecule has 34 heavy (non-hydrogen) atoms. The van der Waals surface area contributed by atoms with Crippen molar-refractivity contribution in [3.05, 3.63) is 0 Å². The number of ether oxygens (including phenoxy) is 3. The summed E-state index contributed by atoms with van der Waals surface area (Å²) >= 11 is -3.43. The zero-order chi connectivity index (χ0) is 25.3. The molecule has 0 saturated heterocycles. The van der Waals surface area contributed by atoms with Crippen molar-refractivity contribution in [1.29, 1.82) is 0 Å². The average Bonchev–Trinajstić information content (AvgIpc) is 2.84. The molecule has 0 saturated carbocycles. The van der Waals surface area contributed by atoms with E-state index in [1.807, 2.05) is 0 Å². The average molecular weight is 567 g/mol. The van der Waals surface area contributed by atoms with Crippen LogP contribution in [0.2, 0.25) is 0 Å². The van der Waals surface area contributed by atoms with Crippen molar-refractivity contribution < 1.29 is 49.3 Å². The van der Waals surface area contributed by atoms with Crippen LogP contribution in [-0.4, -0.2) is 38.7 Å². The zero-order valence-electron chi connectivity index (χ0n) is 23.5. The molecule has 0 radical (unpaired) electrons. The van der Waals surface area contributed by atoms with Crippen LogP contribution in [0.1, 0.15) is 138 Å². The van der Waals surface area contributed by atoms with Crippen LogP contribution >= 0.6 is 0 Å². The molecule has 0 aliphatic heterocycles. The van der Waals surface area contributed by atoms with Crippen molar-refractivity contribution >= 4 is 0 Å². The molecular weight excluding hydrogens is 509 g/mol. The third kappa shape index (κ3) is 21.0. The Morgan fingerprint density at radius 1 is 0.412 bits per heavy atom. The third-order valence-electron chi connectivity index (χ3n) is 5.57. The fourth-order valence-electron chi connectivity index (χ4n) is 3.23. The second kappa shape index (κ2) is 26.9. The van der Waals surface area contributed by atoms with Gasteiger partial charge in [-0.15, -0.1) is 0 Å². The van der Waals surface area contributed by atoms with E-state index in [0.717, 1.165) is 96.3 Å². The van der Waals surface area contributed by atoms with Gasteiger partial charge in [-0.1, -0.05) is 0 Å². The van der Waals surface area contributed by atoms with Crippen LogP contribution in [0.3, 0.4) is 0 Å². The summed E-state index contributed by atoms with van der Waals surface area (Å²) < 4.78 is 37.9. The Hall–Kier alpha value is 0.864. The van der Waals surface area contributed by atoms with Crippen LogP contribution in [0.5, 0.6) is 0 Å². The van der Waals surface area contributed by atoms with Crippen molar-refractivity contribution in [2.75, 3.05) is 19.8 Å². The monoisotopic (exact) mass is 566 g/mol. The molecular formula is C27H57O6Y. The number of hydrogen-bond acceptors (Lipinski definition) is 6. The molecule has 204 valence electrons. The van der Waals surface area contributed by atoms with E-state index < -0.39 is 29.0 Å². The van der Waals surface area contributed by atoms with Gasteiger partial charge in [0.25, 0.3) is 0 Å². The molecule has 3 atom stereocenters. The maximum absolute atomic E-state index is 6.52. The predicted octanol–water partition coefficient (Wildman–Crippen LogP) is 8.40. The molecule has 0 fully saturated rings. The summed E-state index contributed by atoms with van der Waals surface area (Å²) in [6.07, 6.45) is 14.7. The van der Waals surface area contributed by atoms with E-state index in [2.05, 4.69) is 41.5 Å². The zero-order valence-corrected chi connectivity index (χ0v) is 26.3. The first-order chi connectivity index (χ1) is 16.6. The molecule has 0 amide bonds. The quantitative estimate of drug-likeness (QED) is 0.0735. The Balaban J connectivity index is 5.39. The molecule has 0 aromatic rings. The van der Waals surface area contributed by atoms with Gasteiger partial charge in [0, 0.05) is 0 Å². The van der Waals surface area contributed by atoms with Crippen LogP contribution in [0.4, 0.5) is 0 Å². The molecule has 3 unspecified atom stereocenters. The SMILES string of the molecule is CCCCOC(CCCC)[O][Y]([O]C(CCCC)OCCCC)[O]C(CCCC)OCCCC. The summed E-state index contributed by atoms with van der Waals surface area (Å²) in [7, 11) is 0. The van der Waals surface area contributed by atoms with Gasteiger partial charge in [-0.05, 0) is 0 Å². The van der Waals surface area contributed by atoms with E-state index in [4.69, 9.17) is 20.4 Å². The van der Waals surface area contributed by atoms with Crippen LogP contribution in [-0.2, 0) is 49.3 Å². The summed E-state index contributed by atoms with van der Waals surface area (Å²) in [6, 6.07) is 0. The fourth-order valence-corrected chi connectivity index (χ4v) is 7.11. The minimum absolute atomic E-state index is 0.266. The van der Waals surface area contributed by atoms with Gasteiger partial charge in [-0.3, -0.25) is 0 Å². The third-order valence-corrected chi connectivity index (χ3v) is 9.45. The molecule has 6 nitrogen and oxygen atoms in total. The Bertz CT molecular complexity index is 344. The summed E-state index contributed by atoms with van der Waals surface area (Å²) in [4.78, 5) is 0. The van der Waals surface area contributed by atoms with E-state index in [-0.39, 0.29) is 18.9 Å². The van der Waals surface area contributed by atoms with Crippen molar-refractivity contribution in [2.24, 2.45) is 0 Å². The van der Waals surface area contributed by atoms with Gasteiger partial charge in [-0.25, -0.2) is 0 Å². The van der Waals surface area contributed by atoms with Gasteiger partial charge in [0.05, 0.1) is 0 Å². The van der Waals surface area contributed by atoms with Crippen LogP contribution in [0.15, 0.2) is 0 Å². The number of hydrogen-bond donors (Lipinski definition) is 0. The molecule has 0 rings (SSSR count). The van der Waals surface area contributed by atoms with Gasteiger partial charge in [0.1, 0.15) is 0 Å². The maximum atomic E-state index is 6.52. The molecule has 0 heterocycles. The first-order valence-electron chi connectivity index (χ1n) is 14.5. The summed E-state index contributed by atoms with van der Waals surface area (Å²) in [5.74, 6) is 0. The summed E-state index contributed by atoms with van der Waals surface area (Å²) in [5.41, 5.74) is 0. The van der Waals surface area contributed by atoms with Crippen molar-refractivity contribution in [3.63, 3.8) is 0 Å². The molecule has 0 aliphatic carbocycles. The Labute approximate surface area is 224 Å². The van der Waals surface area contributed by atoms with Gasteiger partial charge in [0.2, 0.25) is 0 Å². The Morgan fingerprint density at radius 2 is 0.676 bits per heavy atom. The molecule has 0 bridgehead atoms. The molecule has 0 aromatic carbocycles. The number of rotatable bonds is 27. The van der Waals surface area contributed by atoms with E-state index in [9.17, 15) is 0 Å².